The first kappa shape index (κ1) is 11.1. The summed E-state index contributed by atoms with van der Waals surface area (Å²) in [6.45, 7) is 0. The van der Waals surface area contributed by atoms with Crippen molar-refractivity contribution in [3.05, 3.63) is 40.6 Å². The van der Waals surface area contributed by atoms with Gasteiger partial charge in [0.1, 0.15) is 0 Å². The number of rotatable bonds is 3. The van der Waals surface area contributed by atoms with E-state index >= 15 is 0 Å². The Morgan fingerprint density at radius 2 is 2.18 bits per heavy atom. The molecule has 0 radical (unpaired) electrons. The molecular weight excluding hydrogens is 222 g/mol. The highest BCUT2D eigenvalue weighted by Crippen LogP contribution is 2.36. The van der Waals surface area contributed by atoms with E-state index in [1.54, 1.807) is 36.1 Å². The van der Waals surface area contributed by atoms with Gasteiger partial charge in [-0.15, -0.1) is 0 Å². The Bertz CT molecular complexity index is 563. The number of nitro benzene ring substituents is 1. The molecule has 88 valence electrons. The number of nitro groups is 1. The van der Waals surface area contributed by atoms with E-state index in [1.165, 1.54) is 13.2 Å². The van der Waals surface area contributed by atoms with Gasteiger partial charge in [-0.2, -0.15) is 5.10 Å². The number of benzene rings is 1. The van der Waals surface area contributed by atoms with Crippen LogP contribution in [0.2, 0.25) is 0 Å². The number of nitrogens with zero attached hydrogens (tertiary/aromatic N) is 3. The van der Waals surface area contributed by atoms with Crippen molar-refractivity contribution in [2.24, 2.45) is 7.05 Å². The molecule has 0 bridgehead atoms. The lowest BCUT2D eigenvalue weighted by atomic mass is 10.1. The lowest BCUT2D eigenvalue weighted by Crippen LogP contribution is -1.96. The molecule has 0 atom stereocenters. The third-order valence-electron chi connectivity index (χ3n) is 2.38. The first-order valence-electron chi connectivity index (χ1n) is 4.95. The molecule has 1 aromatic heterocycles. The number of hydrogen-bond donors (Lipinski definition) is 0. The Kier molecular flexibility index (Phi) is 2.78. The van der Waals surface area contributed by atoms with E-state index in [0.29, 0.717) is 11.3 Å². The first-order valence-corrected chi connectivity index (χ1v) is 4.95. The summed E-state index contributed by atoms with van der Waals surface area (Å²) in [4.78, 5) is 10.4. The van der Waals surface area contributed by atoms with Gasteiger partial charge >= 0.3 is 5.69 Å². The van der Waals surface area contributed by atoms with E-state index in [-0.39, 0.29) is 11.4 Å². The molecule has 0 unspecified atom stereocenters. The lowest BCUT2D eigenvalue weighted by Gasteiger charge is -2.06. The number of methoxy groups -OCH3 is 1. The van der Waals surface area contributed by atoms with Crippen LogP contribution in [0.1, 0.15) is 0 Å². The number of para-hydroxylation sites is 1. The second-order valence-corrected chi connectivity index (χ2v) is 3.49. The first-order chi connectivity index (χ1) is 8.13. The van der Waals surface area contributed by atoms with Gasteiger partial charge in [0.2, 0.25) is 5.75 Å². The number of hydrogen-bond acceptors (Lipinski definition) is 4. The Hall–Kier alpha value is -2.37. The van der Waals surface area contributed by atoms with Crippen LogP contribution in [0.3, 0.4) is 0 Å². The smallest absolute Gasteiger partial charge is 0.311 e. The molecule has 0 spiro atoms. The average molecular weight is 233 g/mol. The largest absolute Gasteiger partial charge is 0.490 e. The molecule has 0 amide bonds. The highest BCUT2D eigenvalue weighted by Gasteiger charge is 2.20. The Morgan fingerprint density at radius 1 is 1.41 bits per heavy atom. The molecule has 1 aromatic carbocycles. The van der Waals surface area contributed by atoms with Crippen LogP contribution < -0.4 is 4.74 Å². The minimum atomic E-state index is -0.467. The lowest BCUT2D eigenvalue weighted by molar-refractivity contribution is -0.385. The van der Waals surface area contributed by atoms with E-state index < -0.39 is 4.92 Å². The van der Waals surface area contributed by atoms with Crippen LogP contribution in [0.4, 0.5) is 5.69 Å². The third-order valence-corrected chi connectivity index (χ3v) is 2.38. The molecule has 6 nitrogen and oxygen atoms in total. The highest BCUT2D eigenvalue weighted by atomic mass is 16.6. The van der Waals surface area contributed by atoms with Crippen molar-refractivity contribution in [3.8, 4) is 17.0 Å². The summed E-state index contributed by atoms with van der Waals surface area (Å²) in [5.74, 6) is 0.233. The van der Waals surface area contributed by atoms with Crippen LogP contribution in [0.5, 0.6) is 5.75 Å². The molecule has 0 fully saturated rings. The molecule has 0 saturated heterocycles. The minimum Gasteiger partial charge on any atom is -0.490 e. The minimum absolute atomic E-state index is 0.0596. The fourth-order valence-corrected chi connectivity index (χ4v) is 1.64. The van der Waals surface area contributed by atoms with Gasteiger partial charge in [0, 0.05) is 19.3 Å². The predicted molar refractivity (Wildman–Crippen MR) is 61.9 cm³/mol. The maximum Gasteiger partial charge on any atom is 0.311 e. The number of aryl methyl sites for hydroxylation is 1. The molecule has 0 aliphatic heterocycles. The van der Waals surface area contributed by atoms with Crippen molar-refractivity contribution in [2.75, 3.05) is 7.11 Å². The van der Waals surface area contributed by atoms with Crippen LogP contribution in [-0.2, 0) is 7.05 Å². The van der Waals surface area contributed by atoms with Crippen molar-refractivity contribution in [2.45, 2.75) is 0 Å². The highest BCUT2D eigenvalue weighted by molar-refractivity contribution is 5.72. The van der Waals surface area contributed by atoms with Crippen LogP contribution in [-0.4, -0.2) is 21.8 Å². The fraction of sp³-hybridized carbons (Fsp3) is 0.182. The topological polar surface area (TPSA) is 70.2 Å². The van der Waals surface area contributed by atoms with Crippen LogP contribution in [0, 0.1) is 10.1 Å². The van der Waals surface area contributed by atoms with E-state index in [2.05, 4.69) is 5.10 Å². The molecule has 2 aromatic rings. The molecule has 17 heavy (non-hydrogen) atoms. The van der Waals surface area contributed by atoms with Gasteiger partial charge < -0.3 is 4.74 Å². The van der Waals surface area contributed by atoms with Crippen molar-refractivity contribution in [1.29, 1.82) is 0 Å². The summed E-state index contributed by atoms with van der Waals surface area (Å²) in [5, 5.41) is 15.1. The van der Waals surface area contributed by atoms with Gasteiger partial charge in [-0.05, 0) is 12.1 Å². The van der Waals surface area contributed by atoms with Gasteiger partial charge in [-0.3, -0.25) is 14.8 Å². The summed E-state index contributed by atoms with van der Waals surface area (Å²) in [6.07, 6.45) is 1.77. The maximum absolute atomic E-state index is 10.9. The van der Waals surface area contributed by atoms with Crippen LogP contribution >= 0.6 is 0 Å². The molecule has 0 aliphatic carbocycles. The summed E-state index contributed by atoms with van der Waals surface area (Å²) >= 11 is 0. The monoisotopic (exact) mass is 233 g/mol. The van der Waals surface area contributed by atoms with Gasteiger partial charge in [-0.25, -0.2) is 0 Å². The summed E-state index contributed by atoms with van der Waals surface area (Å²) in [5.41, 5.74) is 1.20. The quantitative estimate of drug-likeness (QED) is 0.600. The summed E-state index contributed by atoms with van der Waals surface area (Å²) in [6, 6.07) is 6.55. The van der Waals surface area contributed by atoms with Crippen LogP contribution in [0.15, 0.2) is 30.5 Å². The van der Waals surface area contributed by atoms with E-state index in [4.69, 9.17) is 4.74 Å². The Morgan fingerprint density at radius 3 is 2.71 bits per heavy atom. The molecule has 0 saturated carbocycles. The number of ether oxygens (including phenoxy) is 1. The molecule has 0 N–H and O–H groups in total. The number of aromatic nitrogens is 2. The SMILES string of the molecule is COc1c(-c2ccn(C)n2)cccc1[N+](=O)[O-]. The third kappa shape index (κ3) is 1.96. The second-order valence-electron chi connectivity index (χ2n) is 3.49. The van der Waals surface area contributed by atoms with E-state index in [9.17, 15) is 10.1 Å². The molecule has 0 aliphatic rings. The Labute approximate surface area is 97.6 Å². The fourth-order valence-electron chi connectivity index (χ4n) is 1.64. The van der Waals surface area contributed by atoms with E-state index in [0.717, 1.165) is 0 Å². The molecule has 2 rings (SSSR count). The van der Waals surface area contributed by atoms with E-state index in [1.807, 2.05) is 0 Å². The zero-order valence-electron chi connectivity index (χ0n) is 9.45. The zero-order chi connectivity index (χ0) is 12.4. The second kappa shape index (κ2) is 4.25. The van der Waals surface area contributed by atoms with Gasteiger partial charge in [-0.1, -0.05) is 6.07 Å². The Balaban J connectivity index is 2.61. The van der Waals surface area contributed by atoms with Gasteiger partial charge in [0.15, 0.2) is 0 Å². The predicted octanol–water partition coefficient (Wildman–Crippen LogP) is 2.00. The normalized spacial score (nSPS) is 10.2. The average Bonchev–Trinajstić information content (AvgIpc) is 2.74. The molecular formula is C11H11N3O3. The summed E-state index contributed by atoms with van der Waals surface area (Å²) < 4.78 is 6.74. The van der Waals surface area contributed by atoms with Gasteiger partial charge in [0.25, 0.3) is 0 Å². The van der Waals surface area contributed by atoms with Crippen LogP contribution in [0.25, 0.3) is 11.3 Å². The maximum atomic E-state index is 10.9. The van der Waals surface area contributed by atoms with Crippen molar-refractivity contribution in [1.82, 2.24) is 9.78 Å². The van der Waals surface area contributed by atoms with Crippen molar-refractivity contribution < 1.29 is 9.66 Å². The molecule has 6 heteroatoms. The molecule has 1 heterocycles. The van der Waals surface area contributed by atoms with Crippen molar-refractivity contribution in [3.63, 3.8) is 0 Å². The zero-order valence-corrected chi connectivity index (χ0v) is 9.45. The standard InChI is InChI=1S/C11H11N3O3/c1-13-7-6-9(12-13)8-4-3-5-10(14(15)16)11(8)17-2/h3-7H,1-2H3. The summed E-state index contributed by atoms with van der Waals surface area (Å²) in [7, 11) is 3.20. The van der Waals surface area contributed by atoms with Gasteiger partial charge in [0.05, 0.1) is 23.3 Å². The van der Waals surface area contributed by atoms with Crippen molar-refractivity contribution >= 4 is 5.69 Å².